The molecule has 4 atom stereocenters. The zero-order valence-electron chi connectivity index (χ0n) is 12.4. The Balaban J connectivity index is 1.61. The van der Waals surface area contributed by atoms with Crippen LogP contribution in [0.4, 0.5) is 0 Å². The molecule has 0 heterocycles. The normalized spacial score (nSPS) is 31.4. The summed E-state index contributed by atoms with van der Waals surface area (Å²) < 4.78 is 0. The third-order valence-electron chi connectivity index (χ3n) is 4.98. The molecule has 1 N–H and O–H groups in total. The van der Waals surface area contributed by atoms with Gasteiger partial charge in [0, 0.05) is 6.04 Å². The lowest BCUT2D eigenvalue weighted by Crippen LogP contribution is -2.37. The summed E-state index contributed by atoms with van der Waals surface area (Å²) in [5, 5.41) is 3.75. The maximum atomic E-state index is 3.75. The van der Waals surface area contributed by atoms with Gasteiger partial charge in [0.1, 0.15) is 0 Å². The van der Waals surface area contributed by atoms with E-state index in [1.54, 1.807) is 0 Å². The summed E-state index contributed by atoms with van der Waals surface area (Å²) in [6.45, 7) is 11.7. The van der Waals surface area contributed by atoms with Gasteiger partial charge in [0.15, 0.2) is 0 Å². The Kier molecular flexibility index (Phi) is 5.25. The van der Waals surface area contributed by atoms with Gasteiger partial charge in [0.2, 0.25) is 0 Å². The minimum Gasteiger partial charge on any atom is -0.314 e. The van der Waals surface area contributed by atoms with Crippen LogP contribution in [0.15, 0.2) is 12.2 Å². The van der Waals surface area contributed by atoms with E-state index in [4.69, 9.17) is 0 Å². The molecular formula is C16H30N2. The standard InChI is InChI=1S/C16H30N2/c1-4-18(5-2)10-6-9-17-13(3)16-12-14-7-8-15(16)11-14/h7-8,13-17H,4-6,9-12H2,1-3H3. The van der Waals surface area contributed by atoms with Crippen LogP contribution in [0.25, 0.3) is 0 Å². The molecule has 0 aromatic carbocycles. The molecule has 1 saturated carbocycles. The molecule has 104 valence electrons. The largest absolute Gasteiger partial charge is 0.314 e. The molecule has 2 bridgehead atoms. The van der Waals surface area contributed by atoms with Gasteiger partial charge < -0.3 is 10.2 Å². The molecule has 0 aliphatic heterocycles. The van der Waals surface area contributed by atoms with Crippen LogP contribution in [0.2, 0.25) is 0 Å². The van der Waals surface area contributed by atoms with Gasteiger partial charge in [-0.1, -0.05) is 26.0 Å². The van der Waals surface area contributed by atoms with E-state index in [9.17, 15) is 0 Å². The average molecular weight is 250 g/mol. The molecule has 0 radical (unpaired) electrons. The molecular weight excluding hydrogens is 220 g/mol. The second kappa shape index (κ2) is 6.72. The van der Waals surface area contributed by atoms with E-state index < -0.39 is 0 Å². The lowest BCUT2D eigenvalue weighted by Gasteiger charge is -2.27. The number of fused-ring (bicyclic) bond motifs is 2. The number of hydrogen-bond donors (Lipinski definition) is 1. The molecule has 1 fully saturated rings. The summed E-state index contributed by atoms with van der Waals surface area (Å²) in [7, 11) is 0. The van der Waals surface area contributed by atoms with Crippen molar-refractivity contribution in [2.45, 2.75) is 46.1 Å². The van der Waals surface area contributed by atoms with E-state index in [0.717, 1.165) is 17.8 Å². The van der Waals surface area contributed by atoms with Gasteiger partial charge in [0.25, 0.3) is 0 Å². The SMILES string of the molecule is CCN(CC)CCCNC(C)C1CC2C=CC1C2. The van der Waals surface area contributed by atoms with Crippen molar-refractivity contribution in [1.82, 2.24) is 10.2 Å². The smallest absolute Gasteiger partial charge is 0.00728 e. The van der Waals surface area contributed by atoms with Gasteiger partial charge in [-0.2, -0.15) is 0 Å². The van der Waals surface area contributed by atoms with Crippen LogP contribution in [-0.2, 0) is 0 Å². The monoisotopic (exact) mass is 250 g/mol. The Labute approximate surface area is 113 Å². The van der Waals surface area contributed by atoms with E-state index >= 15 is 0 Å². The highest BCUT2D eigenvalue weighted by molar-refractivity contribution is 5.11. The van der Waals surface area contributed by atoms with Crippen LogP contribution in [-0.4, -0.2) is 37.1 Å². The molecule has 0 aromatic rings. The predicted octanol–water partition coefficient (Wildman–Crippen LogP) is 2.91. The summed E-state index contributed by atoms with van der Waals surface area (Å²) in [5.41, 5.74) is 0. The molecule has 0 spiro atoms. The van der Waals surface area contributed by atoms with Gasteiger partial charge in [-0.05, 0) is 70.1 Å². The molecule has 2 nitrogen and oxygen atoms in total. The number of nitrogens with zero attached hydrogens (tertiary/aromatic N) is 1. The molecule has 2 heteroatoms. The molecule has 4 unspecified atom stereocenters. The molecule has 2 rings (SSSR count). The zero-order chi connectivity index (χ0) is 13.0. The molecule has 0 aromatic heterocycles. The fraction of sp³-hybridized carbons (Fsp3) is 0.875. The minimum absolute atomic E-state index is 0.696. The van der Waals surface area contributed by atoms with Gasteiger partial charge in [-0.15, -0.1) is 0 Å². The molecule has 2 aliphatic rings. The van der Waals surface area contributed by atoms with E-state index in [0.29, 0.717) is 6.04 Å². The summed E-state index contributed by atoms with van der Waals surface area (Å²) in [5.74, 6) is 2.67. The Bertz CT molecular complexity index is 270. The average Bonchev–Trinajstić information content (AvgIpc) is 3.01. The summed E-state index contributed by atoms with van der Waals surface area (Å²) in [6, 6.07) is 0.696. The predicted molar refractivity (Wildman–Crippen MR) is 78.7 cm³/mol. The highest BCUT2D eigenvalue weighted by atomic mass is 15.1. The van der Waals surface area contributed by atoms with Crippen LogP contribution in [0.5, 0.6) is 0 Å². The Hall–Kier alpha value is -0.340. The van der Waals surface area contributed by atoms with Crippen LogP contribution >= 0.6 is 0 Å². The summed E-state index contributed by atoms with van der Waals surface area (Å²) >= 11 is 0. The Morgan fingerprint density at radius 2 is 2.00 bits per heavy atom. The van der Waals surface area contributed by atoms with Crippen LogP contribution < -0.4 is 5.32 Å². The maximum absolute atomic E-state index is 3.75. The summed E-state index contributed by atoms with van der Waals surface area (Å²) in [6.07, 6.45) is 9.03. The summed E-state index contributed by atoms with van der Waals surface area (Å²) in [4.78, 5) is 2.51. The second-order valence-corrected chi connectivity index (χ2v) is 6.07. The van der Waals surface area contributed by atoms with Crippen molar-refractivity contribution in [3.63, 3.8) is 0 Å². The highest BCUT2D eigenvalue weighted by Crippen LogP contribution is 2.44. The van der Waals surface area contributed by atoms with Gasteiger partial charge in [0.05, 0.1) is 0 Å². The van der Waals surface area contributed by atoms with Gasteiger partial charge in [-0.3, -0.25) is 0 Å². The van der Waals surface area contributed by atoms with Crippen molar-refractivity contribution in [3.8, 4) is 0 Å². The first-order valence-electron chi connectivity index (χ1n) is 7.88. The zero-order valence-corrected chi connectivity index (χ0v) is 12.4. The van der Waals surface area contributed by atoms with Crippen molar-refractivity contribution in [2.75, 3.05) is 26.2 Å². The third-order valence-corrected chi connectivity index (χ3v) is 4.98. The number of hydrogen-bond acceptors (Lipinski definition) is 2. The first-order chi connectivity index (χ1) is 8.74. The fourth-order valence-electron chi connectivity index (χ4n) is 3.72. The van der Waals surface area contributed by atoms with Crippen molar-refractivity contribution < 1.29 is 0 Å². The topological polar surface area (TPSA) is 15.3 Å². The molecule has 2 aliphatic carbocycles. The van der Waals surface area contributed by atoms with Crippen LogP contribution in [0, 0.1) is 17.8 Å². The highest BCUT2D eigenvalue weighted by Gasteiger charge is 2.38. The molecule has 0 amide bonds. The Morgan fingerprint density at radius 1 is 1.22 bits per heavy atom. The van der Waals surface area contributed by atoms with Crippen molar-refractivity contribution in [2.24, 2.45) is 17.8 Å². The first kappa shape index (κ1) is 14.1. The van der Waals surface area contributed by atoms with Crippen LogP contribution in [0.3, 0.4) is 0 Å². The number of nitrogens with one attached hydrogen (secondary N) is 1. The molecule has 0 saturated heterocycles. The second-order valence-electron chi connectivity index (χ2n) is 6.07. The van der Waals surface area contributed by atoms with Crippen molar-refractivity contribution in [1.29, 1.82) is 0 Å². The van der Waals surface area contributed by atoms with E-state index in [-0.39, 0.29) is 0 Å². The number of rotatable bonds is 8. The first-order valence-corrected chi connectivity index (χ1v) is 7.88. The Morgan fingerprint density at radius 3 is 2.56 bits per heavy atom. The van der Waals surface area contributed by atoms with E-state index in [1.807, 2.05) is 0 Å². The van der Waals surface area contributed by atoms with Gasteiger partial charge >= 0.3 is 0 Å². The van der Waals surface area contributed by atoms with E-state index in [2.05, 4.69) is 43.1 Å². The third kappa shape index (κ3) is 3.36. The van der Waals surface area contributed by atoms with E-state index in [1.165, 1.54) is 45.4 Å². The maximum Gasteiger partial charge on any atom is 0.00728 e. The fourth-order valence-corrected chi connectivity index (χ4v) is 3.72. The van der Waals surface area contributed by atoms with Crippen molar-refractivity contribution >= 4 is 0 Å². The molecule has 18 heavy (non-hydrogen) atoms. The number of allylic oxidation sites excluding steroid dienone is 2. The minimum atomic E-state index is 0.696. The quantitative estimate of drug-likeness (QED) is 0.526. The van der Waals surface area contributed by atoms with Crippen molar-refractivity contribution in [3.05, 3.63) is 12.2 Å². The van der Waals surface area contributed by atoms with Gasteiger partial charge in [-0.25, -0.2) is 0 Å². The van der Waals surface area contributed by atoms with Crippen LogP contribution in [0.1, 0.15) is 40.0 Å². The lowest BCUT2D eigenvalue weighted by molar-refractivity contribution is 0.283. The lowest BCUT2D eigenvalue weighted by atomic mass is 9.87.